The molecular weight excluding hydrogens is 315 g/mol. The van der Waals surface area contributed by atoms with Crippen LogP contribution in [0, 0.1) is 11.7 Å². The van der Waals surface area contributed by atoms with E-state index in [1.54, 1.807) is 19.1 Å². The van der Waals surface area contributed by atoms with Crippen molar-refractivity contribution in [1.29, 1.82) is 0 Å². The second kappa shape index (κ2) is 8.52. The largest absolute Gasteiger partial charge is 0.490 e. The molecule has 1 aliphatic rings. The highest BCUT2D eigenvalue weighted by Gasteiger charge is 2.22. The summed E-state index contributed by atoms with van der Waals surface area (Å²) in [5, 5.41) is 13.8. The Morgan fingerprint density at radius 1 is 1.42 bits per heavy atom. The number of carboxylic acid groups (broad SMARTS) is 1. The number of carbonyl (C=O) groups excluding carboxylic acids is 1. The first-order valence-electron chi connectivity index (χ1n) is 8.14. The number of halogens is 1. The molecule has 1 aromatic rings. The number of hydrogen-bond acceptors (Lipinski definition) is 3. The summed E-state index contributed by atoms with van der Waals surface area (Å²) in [6.45, 7) is 2.56. The fourth-order valence-electron chi connectivity index (χ4n) is 2.17. The average molecular weight is 338 g/mol. The second-order valence-electron chi connectivity index (χ2n) is 6.06. The molecule has 2 amide bonds. The van der Waals surface area contributed by atoms with E-state index in [2.05, 4.69) is 10.6 Å². The minimum absolute atomic E-state index is 0.00334. The minimum Gasteiger partial charge on any atom is -0.490 e. The summed E-state index contributed by atoms with van der Waals surface area (Å²) in [5.41, 5.74) is 0.631. The Balaban J connectivity index is 1.78. The van der Waals surface area contributed by atoms with Crippen LogP contribution in [0.3, 0.4) is 0 Å². The average Bonchev–Trinajstić information content (AvgIpc) is 3.34. The quantitative estimate of drug-likeness (QED) is 0.604. The van der Waals surface area contributed by atoms with Gasteiger partial charge in [0.05, 0.1) is 12.6 Å². The van der Waals surface area contributed by atoms with Crippen LogP contribution in [0.5, 0.6) is 5.75 Å². The molecule has 1 aliphatic carbocycles. The van der Waals surface area contributed by atoms with Gasteiger partial charge in [0.15, 0.2) is 11.6 Å². The van der Waals surface area contributed by atoms with Crippen molar-refractivity contribution < 1.29 is 23.8 Å². The zero-order valence-electron chi connectivity index (χ0n) is 13.7. The van der Waals surface area contributed by atoms with Gasteiger partial charge in [0.1, 0.15) is 0 Å². The van der Waals surface area contributed by atoms with Crippen molar-refractivity contribution in [2.75, 3.05) is 13.2 Å². The molecule has 1 saturated carbocycles. The summed E-state index contributed by atoms with van der Waals surface area (Å²) in [5.74, 6) is -0.556. The Kier molecular flexibility index (Phi) is 6.40. The molecule has 132 valence electrons. The summed E-state index contributed by atoms with van der Waals surface area (Å²) in [7, 11) is 0. The fraction of sp³-hybridized carbons (Fsp3) is 0.529. The lowest BCUT2D eigenvalue weighted by Crippen LogP contribution is -2.37. The van der Waals surface area contributed by atoms with Crippen LogP contribution in [-0.4, -0.2) is 30.3 Å². The maximum absolute atomic E-state index is 14.0. The highest BCUT2D eigenvalue weighted by molar-refractivity contribution is 5.74. The van der Waals surface area contributed by atoms with Crippen molar-refractivity contribution >= 4 is 12.0 Å². The van der Waals surface area contributed by atoms with Crippen LogP contribution in [0.15, 0.2) is 18.2 Å². The number of aliphatic carboxylic acids is 1. The van der Waals surface area contributed by atoms with Gasteiger partial charge in [-0.2, -0.15) is 0 Å². The van der Waals surface area contributed by atoms with E-state index in [0.717, 1.165) is 12.8 Å². The van der Waals surface area contributed by atoms with Crippen molar-refractivity contribution in [1.82, 2.24) is 10.6 Å². The van der Waals surface area contributed by atoms with Crippen molar-refractivity contribution in [2.24, 2.45) is 5.92 Å². The molecule has 2 rings (SSSR count). The van der Waals surface area contributed by atoms with E-state index in [1.807, 2.05) is 0 Å². The van der Waals surface area contributed by atoms with Gasteiger partial charge < -0.3 is 20.5 Å². The van der Waals surface area contributed by atoms with Gasteiger partial charge >= 0.3 is 12.0 Å². The van der Waals surface area contributed by atoms with Gasteiger partial charge in [-0.05, 0) is 49.8 Å². The summed E-state index contributed by atoms with van der Waals surface area (Å²) in [6, 6.07) is 3.87. The first-order chi connectivity index (χ1) is 11.5. The van der Waals surface area contributed by atoms with Gasteiger partial charge in [-0.1, -0.05) is 6.07 Å². The van der Waals surface area contributed by atoms with Gasteiger partial charge in [0, 0.05) is 13.0 Å². The highest BCUT2D eigenvalue weighted by Crippen LogP contribution is 2.30. The van der Waals surface area contributed by atoms with E-state index < -0.39 is 17.8 Å². The molecule has 0 spiro atoms. The normalized spacial score (nSPS) is 14.8. The molecule has 0 saturated heterocycles. The molecule has 1 fully saturated rings. The number of ether oxygens (including phenoxy) is 1. The highest BCUT2D eigenvalue weighted by atomic mass is 19.1. The summed E-state index contributed by atoms with van der Waals surface area (Å²) >= 11 is 0. The van der Waals surface area contributed by atoms with E-state index in [1.165, 1.54) is 6.07 Å². The van der Waals surface area contributed by atoms with Crippen LogP contribution in [0.1, 0.15) is 44.2 Å². The molecule has 1 atom stereocenters. The molecule has 1 unspecified atom stereocenters. The zero-order valence-corrected chi connectivity index (χ0v) is 13.7. The fourth-order valence-corrected chi connectivity index (χ4v) is 2.17. The molecule has 1 aromatic carbocycles. The predicted molar refractivity (Wildman–Crippen MR) is 86.4 cm³/mol. The minimum atomic E-state index is -0.898. The van der Waals surface area contributed by atoms with E-state index in [4.69, 9.17) is 9.84 Å². The lowest BCUT2D eigenvalue weighted by Gasteiger charge is -2.16. The van der Waals surface area contributed by atoms with Gasteiger partial charge in [0.25, 0.3) is 0 Å². The molecule has 6 nitrogen and oxygen atoms in total. The smallest absolute Gasteiger partial charge is 0.315 e. The third kappa shape index (κ3) is 6.06. The van der Waals surface area contributed by atoms with Crippen molar-refractivity contribution in [2.45, 2.75) is 38.6 Å². The Labute approximate surface area is 140 Å². The number of benzene rings is 1. The molecule has 7 heteroatoms. The topological polar surface area (TPSA) is 87.7 Å². The lowest BCUT2D eigenvalue weighted by atomic mass is 10.1. The number of nitrogens with one attached hydrogen (secondary N) is 2. The molecule has 3 N–H and O–H groups in total. The Hall–Kier alpha value is -2.31. The van der Waals surface area contributed by atoms with Crippen molar-refractivity contribution in [3.8, 4) is 5.75 Å². The number of carboxylic acids is 1. The number of urea groups is 1. The summed E-state index contributed by atoms with van der Waals surface area (Å²) in [6.07, 6.45) is 2.65. The lowest BCUT2D eigenvalue weighted by molar-refractivity contribution is -0.137. The molecule has 24 heavy (non-hydrogen) atoms. The number of amides is 2. The van der Waals surface area contributed by atoms with Crippen LogP contribution >= 0.6 is 0 Å². The second-order valence-corrected chi connectivity index (χ2v) is 6.06. The Morgan fingerprint density at radius 2 is 2.17 bits per heavy atom. The zero-order chi connectivity index (χ0) is 17.5. The van der Waals surface area contributed by atoms with E-state index in [-0.39, 0.29) is 24.8 Å². The standard InChI is InChI=1S/C17H23FN2O4/c1-11(20-17(23)19-8-2-3-16(21)22)13-6-7-15(14(18)9-13)24-10-12-4-5-12/h6-7,9,11-12H,2-5,8,10H2,1H3,(H,21,22)(H2,19,20,23). The van der Waals surface area contributed by atoms with Crippen LogP contribution in [0.25, 0.3) is 0 Å². The van der Waals surface area contributed by atoms with Crippen molar-refractivity contribution in [3.63, 3.8) is 0 Å². The molecule has 0 heterocycles. The van der Waals surface area contributed by atoms with Gasteiger partial charge in [-0.25, -0.2) is 9.18 Å². The molecular formula is C17H23FN2O4. The maximum Gasteiger partial charge on any atom is 0.315 e. The maximum atomic E-state index is 14.0. The van der Waals surface area contributed by atoms with Crippen molar-refractivity contribution in [3.05, 3.63) is 29.6 Å². The summed E-state index contributed by atoms with van der Waals surface area (Å²) < 4.78 is 19.5. The number of rotatable bonds is 9. The SMILES string of the molecule is CC(NC(=O)NCCCC(=O)O)c1ccc(OCC2CC2)c(F)c1. The predicted octanol–water partition coefficient (Wildman–Crippen LogP) is 2.84. The van der Waals surface area contributed by atoms with Crippen LogP contribution < -0.4 is 15.4 Å². The van der Waals surface area contributed by atoms with Gasteiger partial charge in [0.2, 0.25) is 0 Å². The van der Waals surface area contributed by atoms with Crippen LogP contribution in [0.2, 0.25) is 0 Å². The Morgan fingerprint density at radius 3 is 2.79 bits per heavy atom. The molecule has 0 bridgehead atoms. The number of hydrogen-bond donors (Lipinski definition) is 3. The number of carbonyl (C=O) groups is 2. The third-order valence-corrected chi connectivity index (χ3v) is 3.83. The first-order valence-corrected chi connectivity index (χ1v) is 8.14. The monoisotopic (exact) mass is 338 g/mol. The molecule has 0 aromatic heterocycles. The van der Waals surface area contributed by atoms with Crippen LogP contribution in [-0.2, 0) is 4.79 Å². The van der Waals surface area contributed by atoms with Gasteiger partial charge in [-0.3, -0.25) is 4.79 Å². The first kappa shape index (κ1) is 18.0. The summed E-state index contributed by atoms with van der Waals surface area (Å²) in [4.78, 5) is 22.1. The van der Waals surface area contributed by atoms with Crippen LogP contribution in [0.4, 0.5) is 9.18 Å². The molecule has 0 aliphatic heterocycles. The Bertz CT molecular complexity index is 590. The van der Waals surface area contributed by atoms with Gasteiger partial charge in [-0.15, -0.1) is 0 Å². The van der Waals surface area contributed by atoms with E-state index in [0.29, 0.717) is 24.5 Å². The molecule has 0 radical (unpaired) electrons. The van der Waals surface area contributed by atoms with E-state index in [9.17, 15) is 14.0 Å². The third-order valence-electron chi connectivity index (χ3n) is 3.83. The van der Waals surface area contributed by atoms with E-state index >= 15 is 0 Å².